The Hall–Kier alpha value is -2.55. The van der Waals surface area contributed by atoms with Crippen molar-refractivity contribution in [3.63, 3.8) is 0 Å². The summed E-state index contributed by atoms with van der Waals surface area (Å²) in [7, 11) is 1.46. The molecule has 9 heteroatoms. The van der Waals surface area contributed by atoms with Crippen LogP contribution in [0.4, 0.5) is 5.69 Å². The SMILES string of the molecule is CCOC(=O)COc1c(Cl)cc(/C=C2/SC(=S)N(c3cccc(C)c3)C2=O)cc1OC. The number of hydrogen-bond donors (Lipinski definition) is 0. The van der Waals surface area contributed by atoms with E-state index < -0.39 is 5.97 Å². The molecule has 0 saturated carbocycles. The van der Waals surface area contributed by atoms with E-state index in [-0.39, 0.29) is 29.9 Å². The van der Waals surface area contributed by atoms with Crippen molar-refractivity contribution in [2.45, 2.75) is 13.8 Å². The number of carbonyl (C=O) groups is 2. The smallest absolute Gasteiger partial charge is 0.344 e. The van der Waals surface area contributed by atoms with Gasteiger partial charge in [-0.25, -0.2) is 4.79 Å². The molecular weight excluding hydrogens is 458 g/mol. The van der Waals surface area contributed by atoms with Crippen LogP contribution in [0, 0.1) is 6.92 Å². The van der Waals surface area contributed by atoms with Crippen LogP contribution in [0.1, 0.15) is 18.1 Å². The largest absolute Gasteiger partial charge is 0.493 e. The van der Waals surface area contributed by atoms with E-state index in [1.807, 2.05) is 31.2 Å². The molecule has 1 saturated heterocycles. The van der Waals surface area contributed by atoms with Crippen molar-refractivity contribution in [2.75, 3.05) is 25.2 Å². The van der Waals surface area contributed by atoms with E-state index in [4.69, 9.17) is 38.0 Å². The number of esters is 1. The molecular formula is C22H20ClNO5S2. The van der Waals surface area contributed by atoms with Gasteiger partial charge in [-0.1, -0.05) is 47.7 Å². The molecule has 2 aromatic rings. The molecule has 0 aromatic heterocycles. The fourth-order valence-corrected chi connectivity index (χ4v) is 4.48. The van der Waals surface area contributed by atoms with Crippen LogP contribution >= 0.6 is 35.6 Å². The molecule has 0 unspecified atom stereocenters. The van der Waals surface area contributed by atoms with E-state index in [2.05, 4.69) is 0 Å². The highest BCUT2D eigenvalue weighted by molar-refractivity contribution is 8.27. The maximum atomic E-state index is 13.0. The monoisotopic (exact) mass is 477 g/mol. The number of thioether (sulfide) groups is 1. The van der Waals surface area contributed by atoms with Crippen LogP contribution in [-0.2, 0) is 14.3 Å². The Balaban J connectivity index is 1.86. The Morgan fingerprint density at radius 1 is 1.29 bits per heavy atom. The van der Waals surface area contributed by atoms with Crippen molar-refractivity contribution in [1.82, 2.24) is 0 Å². The fourth-order valence-electron chi connectivity index (χ4n) is 2.91. The van der Waals surface area contributed by atoms with Crippen molar-refractivity contribution >= 4 is 63.5 Å². The second kappa shape index (κ2) is 10.2. The van der Waals surface area contributed by atoms with E-state index in [0.717, 1.165) is 11.3 Å². The summed E-state index contributed by atoms with van der Waals surface area (Å²) in [5.74, 6) is -0.165. The van der Waals surface area contributed by atoms with Crippen molar-refractivity contribution < 1.29 is 23.8 Å². The summed E-state index contributed by atoms with van der Waals surface area (Å²) >= 11 is 13.0. The average Bonchev–Trinajstić information content (AvgIpc) is 3.00. The second-order valence-corrected chi connectivity index (χ2v) is 8.57. The van der Waals surface area contributed by atoms with E-state index in [9.17, 15) is 9.59 Å². The van der Waals surface area contributed by atoms with Gasteiger partial charge in [-0.2, -0.15) is 0 Å². The number of benzene rings is 2. The lowest BCUT2D eigenvalue weighted by atomic mass is 10.1. The maximum absolute atomic E-state index is 13.0. The summed E-state index contributed by atoms with van der Waals surface area (Å²) in [4.78, 5) is 26.5. The predicted octanol–water partition coefficient (Wildman–Crippen LogP) is 5.00. The first-order valence-electron chi connectivity index (χ1n) is 9.34. The van der Waals surface area contributed by atoms with Gasteiger partial charge in [0.2, 0.25) is 0 Å². The fraction of sp³-hybridized carbons (Fsp3) is 0.227. The Kier molecular flexibility index (Phi) is 7.59. The third-order valence-electron chi connectivity index (χ3n) is 4.24. The maximum Gasteiger partial charge on any atom is 0.344 e. The number of ether oxygens (including phenoxy) is 3. The molecule has 0 aliphatic carbocycles. The average molecular weight is 478 g/mol. The lowest BCUT2D eigenvalue weighted by Crippen LogP contribution is -2.27. The van der Waals surface area contributed by atoms with E-state index >= 15 is 0 Å². The van der Waals surface area contributed by atoms with Crippen molar-refractivity contribution in [3.05, 3.63) is 57.5 Å². The number of rotatable bonds is 7. The second-order valence-electron chi connectivity index (χ2n) is 6.48. The predicted molar refractivity (Wildman–Crippen MR) is 127 cm³/mol. The number of halogens is 1. The number of amides is 1. The highest BCUT2D eigenvalue weighted by Gasteiger charge is 2.33. The van der Waals surface area contributed by atoms with Crippen LogP contribution in [0.3, 0.4) is 0 Å². The first-order chi connectivity index (χ1) is 14.8. The number of anilines is 1. The summed E-state index contributed by atoms with van der Waals surface area (Å²) < 4.78 is 16.1. The molecule has 1 amide bonds. The summed E-state index contributed by atoms with van der Waals surface area (Å²) in [5.41, 5.74) is 2.39. The van der Waals surface area contributed by atoms with Gasteiger partial charge in [-0.15, -0.1) is 0 Å². The van der Waals surface area contributed by atoms with Gasteiger partial charge in [-0.3, -0.25) is 9.69 Å². The lowest BCUT2D eigenvalue weighted by molar-refractivity contribution is -0.145. The molecule has 0 atom stereocenters. The van der Waals surface area contributed by atoms with Crippen molar-refractivity contribution in [1.29, 1.82) is 0 Å². The first kappa shape index (κ1) is 23.1. The Labute approximate surface area is 195 Å². The first-order valence-corrected chi connectivity index (χ1v) is 10.9. The third kappa shape index (κ3) is 5.39. The molecule has 0 radical (unpaired) electrons. The Morgan fingerprint density at radius 2 is 2.06 bits per heavy atom. The molecule has 162 valence electrons. The molecule has 0 bridgehead atoms. The Morgan fingerprint density at radius 3 is 2.74 bits per heavy atom. The minimum Gasteiger partial charge on any atom is -0.493 e. The van der Waals surface area contributed by atoms with Gasteiger partial charge in [0.05, 0.1) is 29.3 Å². The lowest BCUT2D eigenvalue weighted by Gasteiger charge is -2.15. The zero-order valence-corrected chi connectivity index (χ0v) is 19.5. The van der Waals surface area contributed by atoms with Crippen LogP contribution < -0.4 is 14.4 Å². The number of carbonyl (C=O) groups excluding carboxylic acids is 2. The van der Waals surface area contributed by atoms with E-state index in [1.165, 1.54) is 23.8 Å². The minimum absolute atomic E-state index is 0.210. The Bertz CT molecular complexity index is 1070. The topological polar surface area (TPSA) is 65.1 Å². The van der Waals surface area contributed by atoms with Crippen LogP contribution in [0.15, 0.2) is 41.3 Å². The molecule has 0 spiro atoms. The van der Waals surface area contributed by atoms with Gasteiger partial charge in [-0.05, 0) is 55.3 Å². The normalized spacial score (nSPS) is 14.8. The number of hydrogen-bond acceptors (Lipinski definition) is 7. The summed E-state index contributed by atoms with van der Waals surface area (Å²) in [6.45, 7) is 3.63. The van der Waals surface area contributed by atoms with E-state index in [0.29, 0.717) is 20.5 Å². The number of methoxy groups -OCH3 is 1. The number of thiocarbonyl (C=S) groups is 1. The van der Waals surface area contributed by atoms with Gasteiger partial charge < -0.3 is 14.2 Å². The van der Waals surface area contributed by atoms with Gasteiger partial charge in [0, 0.05) is 0 Å². The third-order valence-corrected chi connectivity index (χ3v) is 5.83. The minimum atomic E-state index is -0.510. The molecule has 1 heterocycles. The molecule has 1 aliphatic rings. The van der Waals surface area contributed by atoms with Gasteiger partial charge in [0.15, 0.2) is 22.4 Å². The van der Waals surface area contributed by atoms with Crippen LogP contribution in [-0.4, -0.2) is 36.5 Å². The summed E-state index contributed by atoms with van der Waals surface area (Å²) in [6, 6.07) is 10.9. The molecule has 31 heavy (non-hydrogen) atoms. The number of nitrogens with zero attached hydrogens (tertiary/aromatic N) is 1. The quantitative estimate of drug-likeness (QED) is 0.315. The van der Waals surface area contributed by atoms with Crippen molar-refractivity contribution in [3.8, 4) is 11.5 Å². The van der Waals surface area contributed by atoms with Gasteiger partial charge in [0.1, 0.15) is 0 Å². The highest BCUT2D eigenvalue weighted by atomic mass is 35.5. The molecule has 0 N–H and O–H groups in total. The zero-order chi connectivity index (χ0) is 22.5. The van der Waals surface area contributed by atoms with Crippen LogP contribution in [0.2, 0.25) is 5.02 Å². The van der Waals surface area contributed by atoms with E-state index in [1.54, 1.807) is 25.1 Å². The van der Waals surface area contributed by atoms with Crippen LogP contribution in [0.25, 0.3) is 6.08 Å². The molecule has 1 fully saturated rings. The summed E-state index contributed by atoms with van der Waals surface area (Å²) in [5, 5.41) is 0.240. The van der Waals surface area contributed by atoms with Crippen LogP contribution in [0.5, 0.6) is 11.5 Å². The van der Waals surface area contributed by atoms with Gasteiger partial charge in [0.25, 0.3) is 5.91 Å². The molecule has 2 aromatic carbocycles. The number of aryl methyl sites for hydroxylation is 1. The van der Waals surface area contributed by atoms with Crippen molar-refractivity contribution in [2.24, 2.45) is 0 Å². The summed E-state index contributed by atoms with van der Waals surface area (Å²) in [6.07, 6.45) is 1.69. The standard InChI is InChI=1S/C22H20ClNO5S2/c1-4-28-19(25)12-29-20-16(23)9-14(10-17(20)27-3)11-18-21(26)24(22(30)31-18)15-7-5-6-13(2)8-15/h5-11H,4,12H2,1-3H3/b18-11+. The molecule has 3 rings (SSSR count). The molecule has 6 nitrogen and oxygen atoms in total. The highest BCUT2D eigenvalue weighted by Crippen LogP contribution is 2.40. The molecule has 1 aliphatic heterocycles. The zero-order valence-electron chi connectivity index (χ0n) is 17.1. The van der Waals surface area contributed by atoms with Gasteiger partial charge >= 0.3 is 5.97 Å².